The van der Waals surface area contributed by atoms with Gasteiger partial charge in [0.1, 0.15) is 23.5 Å². The molecule has 0 atom stereocenters. The SMILES string of the molecule is CCOC(=O)C1CCN(c2cccc(F)c2NC=C(C#N)C#N)CC1. The lowest BCUT2D eigenvalue weighted by molar-refractivity contribution is -0.148. The number of nitriles is 2. The number of hydrogen-bond donors (Lipinski definition) is 1. The minimum Gasteiger partial charge on any atom is -0.466 e. The number of anilines is 2. The molecule has 0 radical (unpaired) electrons. The Kier molecular flexibility index (Phi) is 6.36. The molecule has 1 N–H and O–H groups in total. The van der Waals surface area contributed by atoms with Gasteiger partial charge in [0, 0.05) is 19.3 Å². The van der Waals surface area contributed by atoms with E-state index in [1.54, 1.807) is 31.2 Å². The van der Waals surface area contributed by atoms with Crippen LogP contribution < -0.4 is 10.2 Å². The van der Waals surface area contributed by atoms with E-state index in [1.807, 2.05) is 4.90 Å². The minimum atomic E-state index is -0.475. The molecule has 1 aromatic rings. The Bertz CT molecular complexity index is 724. The summed E-state index contributed by atoms with van der Waals surface area (Å²) >= 11 is 0. The van der Waals surface area contributed by atoms with Crippen molar-refractivity contribution in [2.24, 2.45) is 5.92 Å². The lowest BCUT2D eigenvalue weighted by atomic mass is 9.96. The number of carbonyl (C=O) groups excluding carboxylic acids is 1. The summed E-state index contributed by atoms with van der Waals surface area (Å²) in [6.07, 6.45) is 2.45. The van der Waals surface area contributed by atoms with Crippen molar-refractivity contribution in [2.75, 3.05) is 29.9 Å². The van der Waals surface area contributed by atoms with E-state index in [2.05, 4.69) is 5.32 Å². The van der Waals surface area contributed by atoms with Gasteiger partial charge in [-0.15, -0.1) is 0 Å². The zero-order chi connectivity index (χ0) is 18.2. The van der Waals surface area contributed by atoms with E-state index in [9.17, 15) is 9.18 Å². The summed E-state index contributed by atoms with van der Waals surface area (Å²) in [5.41, 5.74) is 0.698. The largest absolute Gasteiger partial charge is 0.466 e. The number of nitrogens with one attached hydrogen (secondary N) is 1. The number of allylic oxidation sites excluding steroid dienone is 1. The van der Waals surface area contributed by atoms with E-state index >= 15 is 0 Å². The molecule has 2 rings (SSSR count). The smallest absolute Gasteiger partial charge is 0.309 e. The molecule has 1 aliphatic rings. The average Bonchev–Trinajstić information content (AvgIpc) is 2.64. The van der Waals surface area contributed by atoms with Crippen LogP contribution in [0.4, 0.5) is 15.8 Å². The fraction of sp³-hybridized carbons (Fsp3) is 0.389. The summed E-state index contributed by atoms with van der Waals surface area (Å²) < 4.78 is 19.3. The lowest BCUT2D eigenvalue weighted by Crippen LogP contribution is -2.37. The molecule has 0 amide bonds. The van der Waals surface area contributed by atoms with Gasteiger partial charge in [0.25, 0.3) is 0 Å². The number of piperidine rings is 1. The Morgan fingerprint density at radius 1 is 1.40 bits per heavy atom. The van der Waals surface area contributed by atoms with Crippen LogP contribution in [-0.4, -0.2) is 25.7 Å². The van der Waals surface area contributed by atoms with Crippen molar-refractivity contribution in [3.63, 3.8) is 0 Å². The number of para-hydroxylation sites is 1. The van der Waals surface area contributed by atoms with E-state index in [0.29, 0.717) is 38.2 Å². The Labute approximate surface area is 146 Å². The van der Waals surface area contributed by atoms with E-state index in [1.165, 1.54) is 12.3 Å². The topological polar surface area (TPSA) is 89.2 Å². The Morgan fingerprint density at radius 3 is 2.68 bits per heavy atom. The second kappa shape index (κ2) is 8.70. The summed E-state index contributed by atoms with van der Waals surface area (Å²) in [7, 11) is 0. The van der Waals surface area contributed by atoms with Crippen molar-refractivity contribution in [3.05, 3.63) is 35.8 Å². The summed E-state index contributed by atoms with van der Waals surface area (Å²) in [4.78, 5) is 13.8. The standard InChI is InChI=1S/C18H19FN4O2/c1-2-25-18(24)14-6-8-23(9-7-14)16-5-3-4-15(19)17(16)22-12-13(10-20)11-21/h3-5,12,14,22H,2,6-9H2,1H3. The van der Waals surface area contributed by atoms with E-state index in [4.69, 9.17) is 15.3 Å². The average molecular weight is 342 g/mol. The minimum absolute atomic E-state index is 0.134. The van der Waals surface area contributed by atoms with Gasteiger partial charge >= 0.3 is 5.97 Å². The molecule has 0 unspecified atom stereocenters. The maximum Gasteiger partial charge on any atom is 0.309 e. The quantitative estimate of drug-likeness (QED) is 0.654. The van der Waals surface area contributed by atoms with Crippen LogP contribution in [0.25, 0.3) is 0 Å². The molecule has 1 aliphatic heterocycles. The van der Waals surface area contributed by atoms with Crippen molar-refractivity contribution in [1.82, 2.24) is 0 Å². The first kappa shape index (κ1) is 18.3. The van der Waals surface area contributed by atoms with Gasteiger partial charge in [-0.1, -0.05) is 6.07 Å². The van der Waals surface area contributed by atoms with Crippen LogP contribution in [0.5, 0.6) is 0 Å². The maximum atomic E-state index is 14.2. The van der Waals surface area contributed by atoms with Gasteiger partial charge in [-0.2, -0.15) is 10.5 Å². The number of carbonyl (C=O) groups is 1. The molecule has 7 heteroatoms. The first-order chi connectivity index (χ1) is 12.1. The van der Waals surface area contributed by atoms with Crippen LogP contribution in [-0.2, 0) is 9.53 Å². The first-order valence-corrected chi connectivity index (χ1v) is 8.07. The Hall–Kier alpha value is -3.06. The number of ether oxygens (including phenoxy) is 1. The Balaban J connectivity index is 2.15. The van der Waals surface area contributed by atoms with Crippen molar-refractivity contribution >= 4 is 17.3 Å². The van der Waals surface area contributed by atoms with Crippen LogP contribution in [0.1, 0.15) is 19.8 Å². The predicted molar refractivity (Wildman–Crippen MR) is 90.9 cm³/mol. The molecule has 1 fully saturated rings. The number of nitrogens with zero attached hydrogens (tertiary/aromatic N) is 3. The van der Waals surface area contributed by atoms with Crippen LogP contribution in [0.2, 0.25) is 0 Å². The second-order valence-corrected chi connectivity index (χ2v) is 5.57. The van der Waals surface area contributed by atoms with E-state index < -0.39 is 5.82 Å². The molecule has 1 aromatic carbocycles. The highest BCUT2D eigenvalue weighted by atomic mass is 19.1. The molecule has 6 nitrogen and oxygen atoms in total. The number of hydrogen-bond acceptors (Lipinski definition) is 6. The van der Waals surface area contributed by atoms with Crippen molar-refractivity contribution in [1.29, 1.82) is 10.5 Å². The molecule has 0 bridgehead atoms. The molecule has 0 spiro atoms. The summed E-state index contributed by atoms with van der Waals surface area (Å²) in [6, 6.07) is 8.12. The summed E-state index contributed by atoms with van der Waals surface area (Å²) in [5, 5.41) is 20.3. The monoisotopic (exact) mass is 342 g/mol. The summed E-state index contributed by atoms with van der Waals surface area (Å²) in [5.74, 6) is -0.795. The molecule has 1 saturated heterocycles. The predicted octanol–water partition coefficient (Wildman–Crippen LogP) is 2.95. The zero-order valence-electron chi connectivity index (χ0n) is 14.0. The van der Waals surface area contributed by atoms with E-state index in [0.717, 1.165) is 0 Å². The zero-order valence-corrected chi connectivity index (χ0v) is 14.0. The number of esters is 1. The molecule has 1 heterocycles. The van der Waals surface area contributed by atoms with Gasteiger partial charge in [0.2, 0.25) is 0 Å². The van der Waals surface area contributed by atoms with Gasteiger partial charge in [0.15, 0.2) is 0 Å². The maximum absolute atomic E-state index is 14.2. The second-order valence-electron chi connectivity index (χ2n) is 5.57. The molecule has 0 aromatic heterocycles. The Morgan fingerprint density at radius 2 is 2.08 bits per heavy atom. The molecule has 25 heavy (non-hydrogen) atoms. The lowest BCUT2D eigenvalue weighted by Gasteiger charge is -2.33. The normalized spacial score (nSPS) is 14.2. The first-order valence-electron chi connectivity index (χ1n) is 8.07. The molecular formula is C18H19FN4O2. The molecule has 130 valence electrons. The van der Waals surface area contributed by atoms with Crippen LogP contribution in [0.15, 0.2) is 30.0 Å². The number of rotatable bonds is 5. The van der Waals surface area contributed by atoms with Crippen LogP contribution >= 0.6 is 0 Å². The molecule has 0 aliphatic carbocycles. The third-order valence-corrected chi connectivity index (χ3v) is 4.05. The highest BCUT2D eigenvalue weighted by molar-refractivity contribution is 5.75. The number of benzene rings is 1. The van der Waals surface area contributed by atoms with Gasteiger partial charge in [-0.3, -0.25) is 4.79 Å². The van der Waals surface area contributed by atoms with E-state index in [-0.39, 0.29) is 23.1 Å². The number of halogens is 1. The fourth-order valence-electron chi connectivity index (χ4n) is 2.77. The van der Waals surface area contributed by atoms with Gasteiger partial charge in [-0.05, 0) is 31.9 Å². The fourth-order valence-corrected chi connectivity index (χ4v) is 2.77. The van der Waals surface area contributed by atoms with Gasteiger partial charge in [0.05, 0.1) is 23.9 Å². The molecular weight excluding hydrogens is 323 g/mol. The highest BCUT2D eigenvalue weighted by Gasteiger charge is 2.27. The van der Waals surface area contributed by atoms with Crippen molar-refractivity contribution in [3.8, 4) is 12.1 Å². The van der Waals surface area contributed by atoms with Crippen LogP contribution in [0.3, 0.4) is 0 Å². The third-order valence-electron chi connectivity index (χ3n) is 4.05. The third kappa shape index (κ3) is 4.48. The van der Waals surface area contributed by atoms with Gasteiger partial charge in [-0.25, -0.2) is 4.39 Å². The highest BCUT2D eigenvalue weighted by Crippen LogP contribution is 2.32. The summed E-state index contributed by atoms with van der Waals surface area (Å²) in [6.45, 7) is 3.33. The molecule has 0 saturated carbocycles. The van der Waals surface area contributed by atoms with Crippen LogP contribution in [0, 0.1) is 34.4 Å². The van der Waals surface area contributed by atoms with Crippen molar-refractivity contribution in [2.45, 2.75) is 19.8 Å². The van der Waals surface area contributed by atoms with Crippen molar-refractivity contribution < 1.29 is 13.9 Å². The van der Waals surface area contributed by atoms with Gasteiger partial charge < -0.3 is 15.0 Å².